The fourth-order valence-corrected chi connectivity index (χ4v) is 4.31. The Morgan fingerprint density at radius 1 is 0.722 bits per heavy atom. The van der Waals surface area contributed by atoms with E-state index < -0.39 is 48.9 Å². The quantitative estimate of drug-likeness (QED) is 0.481. The largest absolute Gasteiger partial charge is 0.452 e. The summed E-state index contributed by atoms with van der Waals surface area (Å²) in [7, 11) is 1.43. The molecule has 6 atom stereocenters. The van der Waals surface area contributed by atoms with Crippen LogP contribution in [-0.2, 0) is 28.4 Å². The van der Waals surface area contributed by atoms with Gasteiger partial charge in [0.1, 0.15) is 12.2 Å². The topological polar surface area (TPSA) is 89.5 Å². The van der Waals surface area contributed by atoms with Crippen molar-refractivity contribution in [1.82, 2.24) is 0 Å². The normalized spacial score (nSPS) is 27.5. The van der Waals surface area contributed by atoms with E-state index in [4.69, 9.17) is 28.4 Å². The monoisotopic (exact) mass is 490 g/mol. The van der Waals surface area contributed by atoms with Crippen LogP contribution in [0.2, 0.25) is 0 Å². The predicted octanol–water partition coefficient (Wildman–Crippen LogP) is 3.92. The van der Waals surface area contributed by atoms with Gasteiger partial charge in [0.15, 0.2) is 24.8 Å². The molecular formula is C28H26O8. The molecule has 8 heteroatoms. The number of fused-ring (bicyclic) bond motifs is 1. The molecule has 2 fully saturated rings. The highest BCUT2D eigenvalue weighted by Gasteiger charge is 2.54. The van der Waals surface area contributed by atoms with Gasteiger partial charge in [0.25, 0.3) is 0 Å². The van der Waals surface area contributed by atoms with E-state index in [1.165, 1.54) is 7.11 Å². The van der Waals surface area contributed by atoms with Gasteiger partial charge in [-0.05, 0) is 24.3 Å². The maximum atomic E-state index is 13.1. The molecule has 8 nitrogen and oxygen atoms in total. The molecule has 2 aliphatic rings. The minimum absolute atomic E-state index is 0.169. The molecule has 0 saturated carbocycles. The third-order valence-corrected chi connectivity index (χ3v) is 6.09. The highest BCUT2D eigenvalue weighted by atomic mass is 16.8. The van der Waals surface area contributed by atoms with Gasteiger partial charge in [-0.1, -0.05) is 66.7 Å². The maximum absolute atomic E-state index is 13.1. The molecule has 3 aromatic carbocycles. The van der Waals surface area contributed by atoms with Crippen LogP contribution in [0, 0.1) is 0 Å². The Hall–Kier alpha value is -3.56. The SMILES string of the molecule is CO[C@H]1O[C@@H]2COC(c3ccccc3)O[C@@H]2[C@H](OC(=O)c2ccccc2)[C@H]1OC(=O)c1ccccc1. The molecular weight excluding hydrogens is 464 g/mol. The average Bonchev–Trinajstić information content (AvgIpc) is 2.95. The van der Waals surface area contributed by atoms with Crippen LogP contribution in [0.25, 0.3) is 0 Å². The van der Waals surface area contributed by atoms with E-state index in [-0.39, 0.29) is 6.61 Å². The van der Waals surface area contributed by atoms with Gasteiger partial charge >= 0.3 is 11.9 Å². The number of hydrogen-bond acceptors (Lipinski definition) is 8. The van der Waals surface area contributed by atoms with Gasteiger partial charge in [-0.2, -0.15) is 0 Å². The van der Waals surface area contributed by atoms with Crippen LogP contribution < -0.4 is 0 Å². The van der Waals surface area contributed by atoms with Crippen molar-refractivity contribution < 1.29 is 38.0 Å². The first-order chi connectivity index (χ1) is 17.6. The van der Waals surface area contributed by atoms with Crippen molar-refractivity contribution in [2.45, 2.75) is 37.0 Å². The van der Waals surface area contributed by atoms with E-state index in [0.717, 1.165) is 5.56 Å². The Kier molecular flexibility index (Phi) is 7.39. The molecule has 0 aromatic heterocycles. The standard InChI is InChI=1S/C28H26O8/c1-31-28-24(35-26(30)19-13-7-3-8-14-19)23(34-25(29)18-11-5-2-6-12-18)22-21(33-28)17-32-27(36-22)20-15-9-4-10-16-20/h2-16,21-24,27-28H,17H2,1H3/t21-,22+,23+,24-,27?,28+/m1/s1. The van der Waals surface area contributed by atoms with Crippen LogP contribution in [0.15, 0.2) is 91.0 Å². The minimum atomic E-state index is -1.09. The summed E-state index contributed by atoms with van der Waals surface area (Å²) >= 11 is 0. The van der Waals surface area contributed by atoms with Crippen LogP contribution in [0.5, 0.6) is 0 Å². The summed E-state index contributed by atoms with van der Waals surface area (Å²) in [5.41, 5.74) is 1.50. The molecule has 2 heterocycles. The first-order valence-corrected chi connectivity index (χ1v) is 11.7. The van der Waals surface area contributed by atoms with Crippen LogP contribution in [0.3, 0.4) is 0 Å². The van der Waals surface area contributed by atoms with Crippen molar-refractivity contribution >= 4 is 11.9 Å². The molecule has 186 valence electrons. The Bertz CT molecular complexity index is 1150. The maximum Gasteiger partial charge on any atom is 0.338 e. The number of esters is 2. The number of rotatable bonds is 6. The Morgan fingerprint density at radius 2 is 1.25 bits per heavy atom. The Morgan fingerprint density at radius 3 is 1.81 bits per heavy atom. The second-order valence-corrected chi connectivity index (χ2v) is 8.43. The van der Waals surface area contributed by atoms with Gasteiger partial charge in [-0.15, -0.1) is 0 Å². The van der Waals surface area contributed by atoms with Gasteiger partial charge in [-0.3, -0.25) is 0 Å². The summed E-state index contributed by atoms with van der Waals surface area (Å²) < 4.78 is 35.5. The number of methoxy groups -OCH3 is 1. The average molecular weight is 491 g/mol. The lowest BCUT2D eigenvalue weighted by Crippen LogP contribution is -2.64. The van der Waals surface area contributed by atoms with E-state index >= 15 is 0 Å². The molecule has 1 unspecified atom stereocenters. The van der Waals surface area contributed by atoms with Crippen molar-refractivity contribution in [1.29, 1.82) is 0 Å². The lowest BCUT2D eigenvalue weighted by Gasteiger charge is -2.47. The number of hydrogen-bond donors (Lipinski definition) is 0. The predicted molar refractivity (Wildman–Crippen MR) is 127 cm³/mol. The zero-order chi connectivity index (χ0) is 24.9. The van der Waals surface area contributed by atoms with Gasteiger partial charge in [0.05, 0.1) is 17.7 Å². The Balaban J connectivity index is 1.46. The first kappa shape index (κ1) is 24.1. The van der Waals surface area contributed by atoms with E-state index in [9.17, 15) is 9.59 Å². The lowest BCUT2D eigenvalue weighted by molar-refractivity contribution is -0.356. The number of benzene rings is 3. The van der Waals surface area contributed by atoms with Gasteiger partial charge in [0, 0.05) is 12.7 Å². The smallest absolute Gasteiger partial charge is 0.338 e. The zero-order valence-corrected chi connectivity index (χ0v) is 19.6. The molecule has 0 radical (unpaired) electrons. The van der Waals surface area contributed by atoms with Gasteiger partial charge in [-0.25, -0.2) is 9.59 Å². The molecule has 5 rings (SSSR count). The fourth-order valence-electron chi connectivity index (χ4n) is 4.31. The zero-order valence-electron chi connectivity index (χ0n) is 19.6. The van der Waals surface area contributed by atoms with Crippen LogP contribution in [0.1, 0.15) is 32.6 Å². The lowest BCUT2D eigenvalue weighted by atomic mass is 9.97. The molecule has 0 N–H and O–H groups in total. The fraction of sp³-hybridized carbons (Fsp3) is 0.286. The summed E-state index contributed by atoms with van der Waals surface area (Å²) in [5.74, 6) is -1.18. The van der Waals surface area contributed by atoms with Crippen LogP contribution >= 0.6 is 0 Å². The minimum Gasteiger partial charge on any atom is -0.452 e. The van der Waals surface area contributed by atoms with Crippen LogP contribution in [0.4, 0.5) is 0 Å². The number of ether oxygens (including phenoxy) is 6. The highest BCUT2D eigenvalue weighted by molar-refractivity contribution is 5.90. The highest BCUT2D eigenvalue weighted by Crippen LogP contribution is 2.37. The molecule has 36 heavy (non-hydrogen) atoms. The summed E-state index contributed by atoms with van der Waals surface area (Å²) in [6, 6.07) is 26.5. The summed E-state index contributed by atoms with van der Waals surface area (Å²) in [5, 5.41) is 0. The summed E-state index contributed by atoms with van der Waals surface area (Å²) in [4.78, 5) is 26.1. The summed E-state index contributed by atoms with van der Waals surface area (Å²) in [6.45, 7) is 0.169. The van der Waals surface area contributed by atoms with Crippen molar-refractivity contribution in [2.24, 2.45) is 0 Å². The number of carbonyl (C=O) groups excluding carboxylic acids is 2. The second-order valence-electron chi connectivity index (χ2n) is 8.43. The molecule has 0 spiro atoms. The molecule has 3 aromatic rings. The second kappa shape index (κ2) is 11.0. The van der Waals surface area contributed by atoms with E-state index in [1.54, 1.807) is 60.7 Å². The van der Waals surface area contributed by atoms with E-state index in [2.05, 4.69) is 0 Å². The van der Waals surface area contributed by atoms with Crippen molar-refractivity contribution in [2.75, 3.05) is 13.7 Å². The Labute approximate surface area is 208 Å². The van der Waals surface area contributed by atoms with E-state index in [0.29, 0.717) is 11.1 Å². The third-order valence-electron chi connectivity index (χ3n) is 6.09. The van der Waals surface area contributed by atoms with E-state index in [1.807, 2.05) is 30.3 Å². The third kappa shape index (κ3) is 5.17. The molecule has 2 aliphatic heterocycles. The number of carbonyl (C=O) groups is 2. The van der Waals surface area contributed by atoms with Crippen molar-refractivity contribution in [3.05, 3.63) is 108 Å². The molecule has 0 aliphatic carbocycles. The molecule has 0 bridgehead atoms. The first-order valence-electron chi connectivity index (χ1n) is 11.7. The molecule has 0 amide bonds. The van der Waals surface area contributed by atoms with Gasteiger partial charge in [0.2, 0.25) is 0 Å². The van der Waals surface area contributed by atoms with Crippen molar-refractivity contribution in [3.8, 4) is 0 Å². The van der Waals surface area contributed by atoms with Gasteiger partial charge < -0.3 is 28.4 Å². The van der Waals surface area contributed by atoms with Crippen LogP contribution in [-0.4, -0.2) is 56.4 Å². The molecule has 2 saturated heterocycles. The summed E-state index contributed by atoms with van der Waals surface area (Å²) in [6.07, 6.45) is -5.23. The van der Waals surface area contributed by atoms with Crippen molar-refractivity contribution in [3.63, 3.8) is 0 Å².